The molecule has 0 fully saturated rings. The number of fused-ring (bicyclic) bond motifs is 1. The molecule has 0 atom stereocenters. The van der Waals surface area contributed by atoms with E-state index in [1.54, 1.807) is 25.2 Å². The van der Waals surface area contributed by atoms with Crippen LogP contribution in [0.15, 0.2) is 71.5 Å². The highest BCUT2D eigenvalue weighted by atomic mass is 16.5. The summed E-state index contributed by atoms with van der Waals surface area (Å²) >= 11 is 0. The molecule has 1 N–H and O–H groups in total. The fraction of sp³-hybridized carbons (Fsp3) is 0.160. The summed E-state index contributed by atoms with van der Waals surface area (Å²) in [5, 5.41) is 3.42. The molecule has 0 aliphatic rings. The first-order valence-electron chi connectivity index (χ1n) is 9.98. The van der Waals surface area contributed by atoms with Gasteiger partial charge in [0.1, 0.15) is 11.6 Å². The third kappa shape index (κ3) is 4.33. The lowest BCUT2D eigenvalue weighted by atomic mass is 10.1. The molecule has 0 bridgehead atoms. The predicted molar refractivity (Wildman–Crippen MR) is 122 cm³/mol. The van der Waals surface area contributed by atoms with Crippen molar-refractivity contribution in [3.8, 4) is 17.1 Å². The van der Waals surface area contributed by atoms with Gasteiger partial charge in [0.25, 0.3) is 11.5 Å². The Kier molecular flexibility index (Phi) is 5.54. The van der Waals surface area contributed by atoms with Crippen LogP contribution in [-0.4, -0.2) is 22.1 Å². The van der Waals surface area contributed by atoms with Gasteiger partial charge in [-0.25, -0.2) is 4.98 Å². The number of rotatable bonds is 5. The van der Waals surface area contributed by atoms with Gasteiger partial charge in [-0.15, -0.1) is 0 Å². The Labute approximate surface area is 180 Å². The fourth-order valence-corrected chi connectivity index (χ4v) is 3.34. The van der Waals surface area contributed by atoms with Crippen LogP contribution in [0.2, 0.25) is 0 Å². The molecule has 0 unspecified atom stereocenters. The van der Waals surface area contributed by atoms with Crippen molar-refractivity contribution >= 4 is 22.5 Å². The zero-order chi connectivity index (χ0) is 22.0. The lowest BCUT2D eigenvalue weighted by Gasteiger charge is -2.11. The summed E-state index contributed by atoms with van der Waals surface area (Å²) in [6.45, 7) is 3.93. The lowest BCUT2D eigenvalue weighted by Crippen LogP contribution is -2.20. The van der Waals surface area contributed by atoms with E-state index in [9.17, 15) is 9.59 Å². The summed E-state index contributed by atoms with van der Waals surface area (Å²) in [6.07, 6.45) is 0. The average Bonchev–Trinajstić information content (AvgIpc) is 2.78. The third-order valence-corrected chi connectivity index (χ3v) is 5.26. The van der Waals surface area contributed by atoms with Crippen molar-refractivity contribution in [1.82, 2.24) is 9.55 Å². The van der Waals surface area contributed by atoms with E-state index >= 15 is 0 Å². The number of amides is 1. The minimum absolute atomic E-state index is 0.0936. The molecule has 0 radical (unpaired) electrons. The molecule has 0 saturated carbocycles. The van der Waals surface area contributed by atoms with Crippen LogP contribution in [-0.2, 0) is 11.8 Å². The first-order chi connectivity index (χ1) is 14.9. The minimum Gasteiger partial charge on any atom is -0.484 e. The maximum Gasteiger partial charge on any atom is 0.262 e. The first kappa shape index (κ1) is 20.3. The van der Waals surface area contributed by atoms with Gasteiger partial charge in [-0.2, -0.15) is 0 Å². The molecule has 0 spiro atoms. The molecule has 1 aromatic heterocycles. The molecule has 4 rings (SSSR count). The van der Waals surface area contributed by atoms with Crippen LogP contribution in [0, 0.1) is 13.8 Å². The fourth-order valence-electron chi connectivity index (χ4n) is 3.34. The topological polar surface area (TPSA) is 73.2 Å². The van der Waals surface area contributed by atoms with E-state index in [4.69, 9.17) is 4.74 Å². The molecule has 3 aromatic carbocycles. The number of nitrogens with zero attached hydrogens (tertiary/aromatic N) is 2. The van der Waals surface area contributed by atoms with Gasteiger partial charge in [0.2, 0.25) is 0 Å². The second-order valence-electron chi connectivity index (χ2n) is 7.48. The molecule has 6 nitrogen and oxygen atoms in total. The zero-order valence-corrected chi connectivity index (χ0v) is 17.7. The number of hydrogen-bond acceptors (Lipinski definition) is 4. The summed E-state index contributed by atoms with van der Waals surface area (Å²) in [6, 6.07) is 20.2. The number of carbonyl (C=O) groups is 1. The van der Waals surface area contributed by atoms with E-state index in [0.29, 0.717) is 22.5 Å². The summed E-state index contributed by atoms with van der Waals surface area (Å²) < 4.78 is 7.14. The number of anilines is 1. The Morgan fingerprint density at radius 2 is 1.74 bits per heavy atom. The van der Waals surface area contributed by atoms with Gasteiger partial charge in [0.05, 0.1) is 10.9 Å². The van der Waals surface area contributed by atoms with Gasteiger partial charge >= 0.3 is 0 Å². The molecular weight excluding hydrogens is 390 g/mol. The van der Waals surface area contributed by atoms with E-state index in [0.717, 1.165) is 16.8 Å². The van der Waals surface area contributed by atoms with Crippen LogP contribution in [0.4, 0.5) is 5.69 Å². The number of hydrogen-bond donors (Lipinski definition) is 1. The third-order valence-electron chi connectivity index (χ3n) is 5.26. The lowest BCUT2D eigenvalue weighted by molar-refractivity contribution is -0.118. The molecule has 0 aliphatic carbocycles. The Balaban J connectivity index is 1.46. The highest BCUT2D eigenvalue weighted by molar-refractivity contribution is 5.92. The maximum absolute atomic E-state index is 12.6. The van der Waals surface area contributed by atoms with Crippen molar-refractivity contribution in [2.75, 3.05) is 11.9 Å². The molecule has 1 heterocycles. The number of aromatic nitrogens is 2. The van der Waals surface area contributed by atoms with Crippen molar-refractivity contribution in [3.05, 3.63) is 88.2 Å². The molecule has 0 aliphatic heterocycles. The molecule has 156 valence electrons. The highest BCUT2D eigenvalue weighted by Gasteiger charge is 2.10. The quantitative estimate of drug-likeness (QED) is 0.531. The number of benzene rings is 3. The minimum atomic E-state index is -0.231. The number of para-hydroxylation sites is 1. The summed E-state index contributed by atoms with van der Waals surface area (Å²) in [5.74, 6) is 0.901. The van der Waals surface area contributed by atoms with E-state index < -0.39 is 0 Å². The van der Waals surface area contributed by atoms with Crippen LogP contribution in [0.5, 0.6) is 5.75 Å². The number of nitrogens with one attached hydrogen (secondary N) is 1. The molecule has 4 aromatic rings. The Bertz CT molecular complexity index is 1320. The Morgan fingerprint density at radius 3 is 2.48 bits per heavy atom. The maximum atomic E-state index is 12.6. The molecule has 0 saturated heterocycles. The van der Waals surface area contributed by atoms with Crippen LogP contribution in [0.25, 0.3) is 22.3 Å². The molecule has 1 amide bonds. The van der Waals surface area contributed by atoms with Crippen molar-refractivity contribution < 1.29 is 9.53 Å². The van der Waals surface area contributed by atoms with Crippen molar-refractivity contribution in [3.63, 3.8) is 0 Å². The number of ether oxygens (including phenoxy) is 1. The molecule has 31 heavy (non-hydrogen) atoms. The van der Waals surface area contributed by atoms with Gasteiger partial charge < -0.3 is 10.1 Å². The largest absolute Gasteiger partial charge is 0.484 e. The van der Waals surface area contributed by atoms with Gasteiger partial charge in [0.15, 0.2) is 6.61 Å². The van der Waals surface area contributed by atoms with Crippen molar-refractivity contribution in [2.45, 2.75) is 13.8 Å². The van der Waals surface area contributed by atoms with Gasteiger partial charge in [-0.1, -0.05) is 18.2 Å². The first-order valence-corrected chi connectivity index (χ1v) is 9.98. The normalized spacial score (nSPS) is 10.8. The van der Waals surface area contributed by atoms with E-state index in [-0.39, 0.29) is 18.1 Å². The van der Waals surface area contributed by atoms with Crippen molar-refractivity contribution in [1.29, 1.82) is 0 Å². The van der Waals surface area contributed by atoms with E-state index in [1.807, 2.05) is 62.4 Å². The van der Waals surface area contributed by atoms with E-state index in [2.05, 4.69) is 10.3 Å². The highest BCUT2D eigenvalue weighted by Crippen LogP contribution is 2.21. The second kappa shape index (κ2) is 8.44. The van der Waals surface area contributed by atoms with Crippen LogP contribution in [0.3, 0.4) is 0 Å². The number of aryl methyl sites for hydroxylation is 2. The van der Waals surface area contributed by atoms with Crippen LogP contribution < -0.4 is 15.6 Å². The van der Waals surface area contributed by atoms with E-state index in [1.165, 1.54) is 10.1 Å². The Morgan fingerprint density at radius 1 is 1.00 bits per heavy atom. The van der Waals surface area contributed by atoms with Gasteiger partial charge in [-0.3, -0.25) is 14.2 Å². The van der Waals surface area contributed by atoms with Crippen LogP contribution >= 0.6 is 0 Å². The predicted octanol–water partition coefficient (Wildman–Crippen LogP) is 4.23. The SMILES string of the molecule is Cc1ccc(NC(=O)COc2ccc(-c3nc4ccccc4c(=O)n3C)cc2)cc1C. The molecule has 6 heteroatoms. The summed E-state index contributed by atoms with van der Waals surface area (Å²) in [5.41, 5.74) is 4.39. The van der Waals surface area contributed by atoms with Gasteiger partial charge in [0, 0.05) is 18.3 Å². The second-order valence-corrected chi connectivity index (χ2v) is 7.48. The van der Waals surface area contributed by atoms with Crippen LogP contribution in [0.1, 0.15) is 11.1 Å². The summed E-state index contributed by atoms with van der Waals surface area (Å²) in [7, 11) is 1.71. The zero-order valence-electron chi connectivity index (χ0n) is 17.7. The Hall–Kier alpha value is -3.93. The number of carbonyl (C=O) groups excluding carboxylic acids is 1. The van der Waals surface area contributed by atoms with Gasteiger partial charge in [-0.05, 0) is 73.5 Å². The standard InChI is InChI=1S/C25H23N3O3/c1-16-8-11-19(14-17(16)2)26-23(29)15-31-20-12-9-18(10-13-20)24-27-22-7-5-4-6-21(22)25(30)28(24)3/h4-14H,15H2,1-3H3,(H,26,29). The summed E-state index contributed by atoms with van der Waals surface area (Å²) in [4.78, 5) is 29.4. The monoisotopic (exact) mass is 413 g/mol. The smallest absolute Gasteiger partial charge is 0.262 e. The molecular formula is C25H23N3O3. The average molecular weight is 413 g/mol. The van der Waals surface area contributed by atoms with Crippen molar-refractivity contribution in [2.24, 2.45) is 7.05 Å².